The molecule has 3 unspecified atom stereocenters. The largest absolute Gasteiger partial charge is 0.343 e. The molecule has 3 nitrogen and oxygen atoms in total. The molecule has 94 valence electrons. The second kappa shape index (κ2) is 5.67. The lowest BCUT2D eigenvalue weighted by molar-refractivity contribution is -0.130. The number of hydrogen-bond donors (Lipinski definition) is 1. The van der Waals surface area contributed by atoms with E-state index in [1.54, 1.807) is 6.92 Å². The van der Waals surface area contributed by atoms with Crippen molar-refractivity contribution in [3.8, 4) is 0 Å². The predicted molar refractivity (Wildman–Crippen MR) is 67.3 cm³/mol. The first-order valence-corrected chi connectivity index (χ1v) is 6.38. The van der Waals surface area contributed by atoms with Crippen LogP contribution in [-0.2, 0) is 4.79 Å². The Hall–Kier alpha value is -0.570. The topological polar surface area (TPSA) is 32.3 Å². The fraction of sp³-hybridized carbons (Fsp3) is 0.923. The Bertz CT molecular complexity index is 238. The Morgan fingerprint density at radius 2 is 2.00 bits per heavy atom. The van der Waals surface area contributed by atoms with Crippen LogP contribution in [0.2, 0.25) is 0 Å². The highest BCUT2D eigenvalue weighted by atomic mass is 16.2. The van der Waals surface area contributed by atoms with Gasteiger partial charge in [-0.05, 0) is 52.0 Å². The van der Waals surface area contributed by atoms with Gasteiger partial charge >= 0.3 is 0 Å². The third-order valence-electron chi connectivity index (χ3n) is 4.07. The lowest BCUT2D eigenvalue weighted by atomic mass is 9.88. The van der Waals surface area contributed by atoms with Gasteiger partial charge in [0.2, 0.25) is 5.91 Å². The second-order valence-corrected chi connectivity index (χ2v) is 5.30. The molecule has 0 aliphatic heterocycles. The molecule has 0 aromatic carbocycles. The number of amides is 1. The Kier molecular flexibility index (Phi) is 4.78. The number of carbonyl (C=O) groups excluding carboxylic acids is 1. The number of hydrogen-bond acceptors (Lipinski definition) is 2. The molecule has 0 aromatic rings. The van der Waals surface area contributed by atoms with E-state index < -0.39 is 0 Å². The van der Waals surface area contributed by atoms with Crippen molar-refractivity contribution in [1.82, 2.24) is 10.2 Å². The molecule has 1 N–H and O–H groups in total. The standard InChI is InChI=1S/C13H26N2O/c1-9(14-4)8-13(12-6-7-12)10(2)15(5)11(3)16/h9-10,12-14H,6-8H2,1-5H3. The summed E-state index contributed by atoms with van der Waals surface area (Å²) in [5, 5.41) is 3.30. The maximum atomic E-state index is 11.4. The van der Waals surface area contributed by atoms with Gasteiger partial charge in [0.05, 0.1) is 0 Å². The van der Waals surface area contributed by atoms with E-state index >= 15 is 0 Å². The van der Waals surface area contributed by atoms with Crippen LogP contribution in [0.5, 0.6) is 0 Å². The molecule has 1 aliphatic carbocycles. The van der Waals surface area contributed by atoms with Gasteiger partial charge in [-0.25, -0.2) is 0 Å². The van der Waals surface area contributed by atoms with Crippen molar-refractivity contribution in [3.63, 3.8) is 0 Å². The minimum absolute atomic E-state index is 0.176. The molecule has 0 spiro atoms. The fourth-order valence-corrected chi connectivity index (χ4v) is 2.41. The van der Waals surface area contributed by atoms with Gasteiger partial charge in [0, 0.05) is 26.1 Å². The third-order valence-corrected chi connectivity index (χ3v) is 4.07. The summed E-state index contributed by atoms with van der Waals surface area (Å²) < 4.78 is 0. The molecule has 1 amide bonds. The van der Waals surface area contributed by atoms with Gasteiger partial charge in [-0.1, -0.05) is 0 Å². The van der Waals surface area contributed by atoms with E-state index in [4.69, 9.17) is 0 Å². The average Bonchev–Trinajstić information content (AvgIpc) is 3.07. The van der Waals surface area contributed by atoms with Gasteiger partial charge in [-0.3, -0.25) is 4.79 Å². The van der Waals surface area contributed by atoms with Crippen molar-refractivity contribution in [3.05, 3.63) is 0 Å². The minimum Gasteiger partial charge on any atom is -0.343 e. The van der Waals surface area contributed by atoms with E-state index in [1.165, 1.54) is 19.3 Å². The summed E-state index contributed by atoms with van der Waals surface area (Å²) in [6.45, 7) is 6.06. The Balaban J connectivity index is 2.58. The van der Waals surface area contributed by atoms with Gasteiger partial charge < -0.3 is 10.2 Å². The van der Waals surface area contributed by atoms with Crippen LogP contribution in [0.4, 0.5) is 0 Å². The fourth-order valence-electron chi connectivity index (χ4n) is 2.41. The summed E-state index contributed by atoms with van der Waals surface area (Å²) >= 11 is 0. The predicted octanol–water partition coefficient (Wildman–Crippen LogP) is 1.88. The minimum atomic E-state index is 0.176. The molecule has 3 atom stereocenters. The number of carbonyl (C=O) groups is 1. The first kappa shape index (κ1) is 13.5. The molecule has 1 rings (SSSR count). The molecular formula is C13H26N2O. The van der Waals surface area contributed by atoms with Crippen LogP contribution in [0.3, 0.4) is 0 Å². The molecule has 1 fully saturated rings. The van der Waals surface area contributed by atoms with Gasteiger partial charge in [-0.2, -0.15) is 0 Å². The third kappa shape index (κ3) is 3.48. The Labute approximate surface area is 99.6 Å². The van der Waals surface area contributed by atoms with Gasteiger partial charge in [0.1, 0.15) is 0 Å². The van der Waals surface area contributed by atoms with Crippen molar-refractivity contribution in [2.75, 3.05) is 14.1 Å². The van der Waals surface area contributed by atoms with Crippen LogP contribution in [0.15, 0.2) is 0 Å². The van der Waals surface area contributed by atoms with Crippen molar-refractivity contribution >= 4 is 5.91 Å². The van der Waals surface area contributed by atoms with Crippen LogP contribution in [0.25, 0.3) is 0 Å². The summed E-state index contributed by atoms with van der Waals surface area (Å²) in [4.78, 5) is 13.3. The summed E-state index contributed by atoms with van der Waals surface area (Å²) in [5.41, 5.74) is 0. The first-order chi connectivity index (χ1) is 7.47. The van der Waals surface area contributed by atoms with Crippen LogP contribution >= 0.6 is 0 Å². The average molecular weight is 226 g/mol. The number of nitrogens with zero attached hydrogens (tertiary/aromatic N) is 1. The van der Waals surface area contributed by atoms with Gasteiger partial charge in [-0.15, -0.1) is 0 Å². The monoisotopic (exact) mass is 226 g/mol. The lowest BCUT2D eigenvalue weighted by Gasteiger charge is -2.33. The van der Waals surface area contributed by atoms with Crippen molar-refractivity contribution in [2.45, 2.75) is 52.1 Å². The quantitative estimate of drug-likeness (QED) is 0.750. The molecule has 3 heteroatoms. The van der Waals surface area contributed by atoms with E-state index in [0.29, 0.717) is 18.0 Å². The molecule has 1 aliphatic rings. The van der Waals surface area contributed by atoms with E-state index in [1.807, 2.05) is 19.0 Å². The molecular weight excluding hydrogens is 200 g/mol. The summed E-state index contributed by atoms with van der Waals surface area (Å²) in [6, 6.07) is 0.897. The van der Waals surface area contributed by atoms with Crippen LogP contribution in [-0.4, -0.2) is 37.0 Å². The summed E-state index contributed by atoms with van der Waals surface area (Å²) in [6.07, 6.45) is 3.86. The van der Waals surface area contributed by atoms with Gasteiger partial charge in [0.15, 0.2) is 0 Å². The smallest absolute Gasteiger partial charge is 0.219 e. The van der Waals surface area contributed by atoms with E-state index in [9.17, 15) is 4.79 Å². The Morgan fingerprint density at radius 3 is 2.38 bits per heavy atom. The number of rotatable bonds is 6. The zero-order valence-electron chi connectivity index (χ0n) is 11.3. The van der Waals surface area contributed by atoms with Crippen molar-refractivity contribution in [2.24, 2.45) is 11.8 Å². The van der Waals surface area contributed by atoms with Crippen LogP contribution in [0, 0.1) is 11.8 Å². The highest BCUT2D eigenvalue weighted by Crippen LogP contribution is 2.41. The first-order valence-electron chi connectivity index (χ1n) is 6.38. The maximum Gasteiger partial charge on any atom is 0.219 e. The van der Waals surface area contributed by atoms with Crippen LogP contribution < -0.4 is 5.32 Å². The zero-order chi connectivity index (χ0) is 12.3. The zero-order valence-corrected chi connectivity index (χ0v) is 11.3. The molecule has 1 saturated carbocycles. The summed E-state index contributed by atoms with van der Waals surface area (Å²) in [7, 11) is 3.93. The Morgan fingerprint density at radius 1 is 1.44 bits per heavy atom. The SMILES string of the molecule is CNC(C)CC(C1CC1)C(C)N(C)C(C)=O. The van der Waals surface area contributed by atoms with Gasteiger partial charge in [0.25, 0.3) is 0 Å². The summed E-state index contributed by atoms with van der Waals surface area (Å²) in [5.74, 6) is 1.67. The number of nitrogens with one attached hydrogen (secondary N) is 1. The molecule has 16 heavy (non-hydrogen) atoms. The molecule has 0 saturated heterocycles. The van der Waals surface area contributed by atoms with Crippen LogP contribution in [0.1, 0.15) is 40.0 Å². The van der Waals surface area contributed by atoms with E-state index in [-0.39, 0.29) is 5.91 Å². The molecule has 0 heterocycles. The van der Waals surface area contributed by atoms with E-state index in [2.05, 4.69) is 19.2 Å². The molecule has 0 radical (unpaired) electrons. The molecule has 0 aromatic heterocycles. The van der Waals surface area contributed by atoms with E-state index in [0.717, 1.165) is 5.92 Å². The van der Waals surface area contributed by atoms with Crippen molar-refractivity contribution < 1.29 is 4.79 Å². The molecule has 0 bridgehead atoms. The normalized spacial score (nSPS) is 21.3. The lowest BCUT2D eigenvalue weighted by Crippen LogP contribution is -2.41. The second-order valence-electron chi connectivity index (χ2n) is 5.30. The highest BCUT2D eigenvalue weighted by Gasteiger charge is 2.37. The maximum absolute atomic E-state index is 11.4. The van der Waals surface area contributed by atoms with Crippen molar-refractivity contribution in [1.29, 1.82) is 0 Å². The highest BCUT2D eigenvalue weighted by molar-refractivity contribution is 5.73.